The summed E-state index contributed by atoms with van der Waals surface area (Å²) in [5.74, 6) is -1.79. The number of ether oxygens (including phenoxy) is 1. The van der Waals surface area contributed by atoms with E-state index in [0.717, 1.165) is 5.69 Å². The summed E-state index contributed by atoms with van der Waals surface area (Å²) in [5.41, 5.74) is 2.62. The molecule has 4 rings (SSSR count). The first-order chi connectivity index (χ1) is 18.1. The Morgan fingerprint density at radius 3 is 2.29 bits per heavy atom. The number of aliphatic hydroxyl groups excluding tert-OH is 1. The summed E-state index contributed by atoms with van der Waals surface area (Å²) >= 11 is 6.42. The van der Waals surface area contributed by atoms with Gasteiger partial charge in [0.25, 0.3) is 11.7 Å². The summed E-state index contributed by atoms with van der Waals surface area (Å²) in [7, 11) is 3.82. The molecule has 0 bridgehead atoms. The second-order valence-electron chi connectivity index (χ2n) is 8.96. The molecule has 0 spiro atoms. The Kier molecular flexibility index (Phi) is 7.73. The highest BCUT2D eigenvalue weighted by Crippen LogP contribution is 2.43. The van der Waals surface area contributed by atoms with Crippen molar-refractivity contribution >= 4 is 52.0 Å². The van der Waals surface area contributed by atoms with Crippen LogP contribution in [0.2, 0.25) is 5.02 Å². The zero-order valence-corrected chi connectivity index (χ0v) is 22.2. The van der Waals surface area contributed by atoms with Crippen LogP contribution < -0.4 is 19.9 Å². The van der Waals surface area contributed by atoms with Crippen LogP contribution in [0.4, 0.5) is 17.1 Å². The van der Waals surface area contributed by atoms with E-state index >= 15 is 0 Å². The molecule has 2 amide bonds. The Morgan fingerprint density at radius 1 is 1.05 bits per heavy atom. The Morgan fingerprint density at radius 2 is 1.71 bits per heavy atom. The SMILES string of the molecule is CCOc1ccc(Cl)c(/C(O)=C2\C(=O)C(=O)N(c3ccc(NC(C)=O)cc3)C2c2ccc(N(C)C)cc2)c1. The van der Waals surface area contributed by atoms with Crippen LogP contribution in [0.5, 0.6) is 5.75 Å². The molecule has 3 aromatic rings. The number of anilines is 3. The maximum Gasteiger partial charge on any atom is 0.300 e. The fourth-order valence-corrected chi connectivity index (χ4v) is 4.57. The highest BCUT2D eigenvalue weighted by molar-refractivity contribution is 6.52. The van der Waals surface area contributed by atoms with Gasteiger partial charge in [0.2, 0.25) is 5.91 Å². The summed E-state index contributed by atoms with van der Waals surface area (Å²) < 4.78 is 5.55. The number of carbonyl (C=O) groups is 3. The van der Waals surface area contributed by atoms with Gasteiger partial charge in [-0.05, 0) is 67.1 Å². The summed E-state index contributed by atoms with van der Waals surface area (Å²) in [5, 5.41) is 14.3. The van der Waals surface area contributed by atoms with E-state index in [0.29, 0.717) is 29.3 Å². The molecule has 1 unspecified atom stereocenters. The van der Waals surface area contributed by atoms with Crippen LogP contribution in [0.25, 0.3) is 5.76 Å². The van der Waals surface area contributed by atoms with Gasteiger partial charge in [-0.3, -0.25) is 19.3 Å². The molecular formula is C29H28ClN3O5. The molecule has 1 aliphatic rings. The lowest BCUT2D eigenvalue weighted by molar-refractivity contribution is -0.132. The largest absolute Gasteiger partial charge is 0.507 e. The lowest BCUT2D eigenvalue weighted by Crippen LogP contribution is -2.29. The number of nitrogens with one attached hydrogen (secondary N) is 1. The van der Waals surface area contributed by atoms with Crippen molar-refractivity contribution in [1.82, 2.24) is 0 Å². The average molecular weight is 534 g/mol. The van der Waals surface area contributed by atoms with Crippen LogP contribution in [-0.2, 0) is 14.4 Å². The smallest absolute Gasteiger partial charge is 0.300 e. The predicted octanol–water partition coefficient (Wildman–Crippen LogP) is 5.39. The van der Waals surface area contributed by atoms with E-state index in [1.54, 1.807) is 42.5 Å². The number of ketones is 1. The maximum absolute atomic E-state index is 13.4. The van der Waals surface area contributed by atoms with Crippen LogP contribution in [0.15, 0.2) is 72.3 Å². The molecule has 1 fully saturated rings. The first kappa shape index (κ1) is 26.8. The third-order valence-corrected chi connectivity index (χ3v) is 6.47. The fourth-order valence-electron chi connectivity index (χ4n) is 4.37. The number of carbonyl (C=O) groups excluding carboxylic acids is 3. The maximum atomic E-state index is 13.4. The van der Waals surface area contributed by atoms with Gasteiger partial charge in [-0.15, -0.1) is 0 Å². The van der Waals surface area contributed by atoms with E-state index < -0.39 is 23.5 Å². The summed E-state index contributed by atoms with van der Waals surface area (Å²) in [6.07, 6.45) is 0. The molecule has 196 valence electrons. The molecule has 8 nitrogen and oxygen atoms in total. The molecule has 38 heavy (non-hydrogen) atoms. The first-order valence-electron chi connectivity index (χ1n) is 12.0. The molecule has 0 aromatic heterocycles. The van der Waals surface area contributed by atoms with Crippen molar-refractivity contribution in [1.29, 1.82) is 0 Å². The minimum atomic E-state index is -0.926. The quantitative estimate of drug-likeness (QED) is 0.240. The van der Waals surface area contributed by atoms with Gasteiger partial charge in [0, 0.05) is 43.6 Å². The van der Waals surface area contributed by atoms with Crippen molar-refractivity contribution in [3.05, 3.63) is 88.5 Å². The van der Waals surface area contributed by atoms with Gasteiger partial charge in [0.05, 0.1) is 23.2 Å². The second-order valence-corrected chi connectivity index (χ2v) is 9.36. The van der Waals surface area contributed by atoms with E-state index in [1.807, 2.05) is 50.2 Å². The minimum Gasteiger partial charge on any atom is -0.507 e. The van der Waals surface area contributed by atoms with Crippen LogP contribution in [0.3, 0.4) is 0 Å². The molecule has 9 heteroatoms. The van der Waals surface area contributed by atoms with Crippen molar-refractivity contribution < 1.29 is 24.2 Å². The van der Waals surface area contributed by atoms with E-state index in [-0.39, 0.29) is 22.1 Å². The summed E-state index contributed by atoms with van der Waals surface area (Å²) in [6.45, 7) is 3.63. The Balaban J connectivity index is 1.90. The van der Waals surface area contributed by atoms with Crippen LogP contribution in [0, 0.1) is 0 Å². The first-order valence-corrected chi connectivity index (χ1v) is 12.4. The van der Waals surface area contributed by atoms with E-state index in [9.17, 15) is 19.5 Å². The number of amides is 2. The molecule has 0 aliphatic carbocycles. The van der Waals surface area contributed by atoms with Crippen molar-refractivity contribution in [2.24, 2.45) is 0 Å². The third-order valence-electron chi connectivity index (χ3n) is 6.14. The number of nitrogens with zero attached hydrogens (tertiary/aromatic N) is 2. The lowest BCUT2D eigenvalue weighted by atomic mass is 9.94. The lowest BCUT2D eigenvalue weighted by Gasteiger charge is -2.26. The molecule has 0 saturated carbocycles. The topological polar surface area (TPSA) is 99.2 Å². The highest BCUT2D eigenvalue weighted by atomic mass is 35.5. The van der Waals surface area contributed by atoms with Crippen molar-refractivity contribution in [3.63, 3.8) is 0 Å². The Hall–Kier alpha value is -4.30. The zero-order chi connectivity index (χ0) is 27.6. The van der Waals surface area contributed by atoms with E-state index in [1.165, 1.54) is 11.8 Å². The standard InChI is InChI=1S/C29H28ClN3O5/c1-5-38-22-14-15-24(30)23(16-22)27(35)25-26(18-6-10-20(11-7-18)32(3)4)33(29(37)28(25)36)21-12-8-19(9-13-21)31-17(2)34/h6-16,26,35H,5H2,1-4H3,(H,31,34)/b27-25+. The summed E-state index contributed by atoms with van der Waals surface area (Å²) in [6, 6.07) is 17.8. The number of hydrogen-bond acceptors (Lipinski definition) is 6. The number of benzene rings is 3. The van der Waals surface area contributed by atoms with Gasteiger partial charge in [0.1, 0.15) is 11.5 Å². The second kappa shape index (κ2) is 11.0. The molecule has 1 atom stereocenters. The van der Waals surface area contributed by atoms with Gasteiger partial charge in [0.15, 0.2) is 0 Å². The predicted molar refractivity (Wildman–Crippen MR) is 149 cm³/mol. The molecule has 3 aromatic carbocycles. The Bertz CT molecular complexity index is 1420. The van der Waals surface area contributed by atoms with Crippen molar-refractivity contribution in [3.8, 4) is 5.75 Å². The number of rotatable bonds is 7. The van der Waals surface area contributed by atoms with Gasteiger partial charge in [-0.1, -0.05) is 23.7 Å². The van der Waals surface area contributed by atoms with Crippen molar-refractivity contribution in [2.75, 3.05) is 35.8 Å². The number of Topliss-reactive ketones (excluding diaryl/α,β-unsaturated/α-hetero) is 1. The summed E-state index contributed by atoms with van der Waals surface area (Å²) in [4.78, 5) is 41.6. The van der Waals surface area contributed by atoms with E-state index in [2.05, 4.69) is 5.32 Å². The van der Waals surface area contributed by atoms with Gasteiger partial charge < -0.3 is 20.1 Å². The number of hydrogen-bond donors (Lipinski definition) is 2. The van der Waals surface area contributed by atoms with Crippen LogP contribution >= 0.6 is 11.6 Å². The average Bonchev–Trinajstić information content (AvgIpc) is 3.15. The normalized spacial score (nSPS) is 16.4. The molecule has 1 heterocycles. The molecule has 1 saturated heterocycles. The molecule has 2 N–H and O–H groups in total. The highest BCUT2D eigenvalue weighted by Gasteiger charge is 2.47. The molecule has 1 aliphatic heterocycles. The minimum absolute atomic E-state index is 0.0888. The van der Waals surface area contributed by atoms with E-state index in [4.69, 9.17) is 16.3 Å². The van der Waals surface area contributed by atoms with Crippen LogP contribution in [0.1, 0.15) is 31.0 Å². The number of aliphatic hydroxyl groups is 1. The molecular weight excluding hydrogens is 506 g/mol. The monoisotopic (exact) mass is 533 g/mol. The van der Waals surface area contributed by atoms with Gasteiger partial charge >= 0.3 is 0 Å². The zero-order valence-electron chi connectivity index (χ0n) is 21.5. The van der Waals surface area contributed by atoms with Crippen molar-refractivity contribution in [2.45, 2.75) is 19.9 Å². The number of halogens is 1. The van der Waals surface area contributed by atoms with Crippen LogP contribution in [-0.4, -0.2) is 43.4 Å². The van der Waals surface area contributed by atoms with Gasteiger partial charge in [-0.25, -0.2) is 0 Å². The third kappa shape index (κ3) is 5.21. The van der Waals surface area contributed by atoms with Gasteiger partial charge in [-0.2, -0.15) is 0 Å². The fraction of sp³-hybridized carbons (Fsp3) is 0.207. The molecule has 0 radical (unpaired) electrons. The Labute approximate surface area is 226 Å².